The van der Waals surface area contributed by atoms with Gasteiger partial charge in [-0.05, 0) is 35.4 Å². The number of rotatable bonds is 5. The van der Waals surface area contributed by atoms with Gasteiger partial charge in [-0.25, -0.2) is 0 Å². The molecular formula is C9H13NS. The SMILES string of the molecule is C=CCNCCc1ccsc1. The third-order valence-corrected chi connectivity index (χ3v) is 2.19. The highest BCUT2D eigenvalue weighted by molar-refractivity contribution is 7.07. The molecule has 0 aliphatic carbocycles. The van der Waals surface area contributed by atoms with Crippen LogP contribution in [-0.4, -0.2) is 13.1 Å². The molecule has 0 bridgehead atoms. The molecule has 0 amide bonds. The summed E-state index contributed by atoms with van der Waals surface area (Å²) in [6, 6.07) is 2.17. The van der Waals surface area contributed by atoms with Gasteiger partial charge in [0.2, 0.25) is 0 Å². The molecule has 1 aromatic heterocycles. The van der Waals surface area contributed by atoms with Gasteiger partial charge in [-0.3, -0.25) is 0 Å². The van der Waals surface area contributed by atoms with Gasteiger partial charge in [0.1, 0.15) is 0 Å². The molecule has 1 rings (SSSR count). The van der Waals surface area contributed by atoms with Crippen LogP contribution in [0.15, 0.2) is 29.5 Å². The molecule has 1 N–H and O–H groups in total. The van der Waals surface area contributed by atoms with E-state index in [1.807, 2.05) is 6.08 Å². The lowest BCUT2D eigenvalue weighted by molar-refractivity contribution is 0.746. The minimum absolute atomic E-state index is 0.907. The van der Waals surface area contributed by atoms with Crippen molar-refractivity contribution in [1.82, 2.24) is 5.32 Å². The topological polar surface area (TPSA) is 12.0 Å². The summed E-state index contributed by atoms with van der Waals surface area (Å²) < 4.78 is 0. The van der Waals surface area contributed by atoms with Crippen LogP contribution in [0.5, 0.6) is 0 Å². The molecule has 1 nitrogen and oxygen atoms in total. The zero-order chi connectivity index (χ0) is 7.94. The summed E-state index contributed by atoms with van der Waals surface area (Å²) >= 11 is 1.76. The minimum Gasteiger partial charge on any atom is -0.313 e. The Morgan fingerprint density at radius 2 is 2.55 bits per heavy atom. The standard InChI is InChI=1S/C9H13NS/c1-2-5-10-6-3-9-4-7-11-8-9/h2,4,7-8,10H,1,3,5-6H2. The summed E-state index contributed by atoms with van der Waals surface area (Å²) in [5.41, 5.74) is 1.42. The molecule has 60 valence electrons. The van der Waals surface area contributed by atoms with Gasteiger partial charge in [0.15, 0.2) is 0 Å². The molecule has 1 aromatic rings. The van der Waals surface area contributed by atoms with Crippen LogP contribution in [0.25, 0.3) is 0 Å². The number of nitrogens with one attached hydrogen (secondary N) is 1. The maximum Gasteiger partial charge on any atom is 0.0132 e. The van der Waals surface area contributed by atoms with Crippen LogP contribution in [0, 0.1) is 0 Å². The van der Waals surface area contributed by atoms with E-state index in [0.29, 0.717) is 0 Å². The Kier molecular flexibility index (Phi) is 3.94. The Balaban J connectivity index is 2.09. The van der Waals surface area contributed by atoms with Crippen molar-refractivity contribution >= 4 is 11.3 Å². The van der Waals surface area contributed by atoms with Crippen molar-refractivity contribution in [3.05, 3.63) is 35.0 Å². The molecule has 0 radical (unpaired) electrons. The lowest BCUT2D eigenvalue weighted by Crippen LogP contribution is -2.16. The highest BCUT2D eigenvalue weighted by atomic mass is 32.1. The lowest BCUT2D eigenvalue weighted by atomic mass is 10.2. The summed E-state index contributed by atoms with van der Waals surface area (Å²) in [5, 5.41) is 7.56. The molecule has 0 aliphatic heterocycles. The molecule has 0 saturated heterocycles. The Hall–Kier alpha value is -0.600. The third-order valence-electron chi connectivity index (χ3n) is 1.46. The van der Waals surface area contributed by atoms with Crippen molar-refractivity contribution in [2.24, 2.45) is 0 Å². The summed E-state index contributed by atoms with van der Waals surface area (Å²) in [6.07, 6.45) is 3.00. The second kappa shape index (κ2) is 5.10. The molecular weight excluding hydrogens is 154 g/mol. The van der Waals surface area contributed by atoms with E-state index in [1.54, 1.807) is 11.3 Å². The fraction of sp³-hybridized carbons (Fsp3) is 0.333. The Labute approximate surface area is 71.8 Å². The predicted molar refractivity (Wildman–Crippen MR) is 51.1 cm³/mol. The van der Waals surface area contributed by atoms with E-state index in [1.165, 1.54) is 5.56 Å². The molecule has 0 spiro atoms. The average Bonchev–Trinajstić information content (AvgIpc) is 2.50. The Bertz CT molecular complexity index is 191. The monoisotopic (exact) mass is 167 g/mol. The first kappa shape index (κ1) is 8.50. The van der Waals surface area contributed by atoms with E-state index >= 15 is 0 Å². The van der Waals surface area contributed by atoms with E-state index < -0.39 is 0 Å². The minimum atomic E-state index is 0.907. The van der Waals surface area contributed by atoms with Gasteiger partial charge in [-0.2, -0.15) is 11.3 Å². The number of hydrogen-bond donors (Lipinski definition) is 1. The van der Waals surface area contributed by atoms with Gasteiger partial charge < -0.3 is 5.32 Å². The van der Waals surface area contributed by atoms with Gasteiger partial charge in [0.25, 0.3) is 0 Å². The molecule has 0 fully saturated rings. The number of hydrogen-bond acceptors (Lipinski definition) is 2. The first-order valence-electron chi connectivity index (χ1n) is 3.76. The van der Waals surface area contributed by atoms with Gasteiger partial charge in [0, 0.05) is 6.54 Å². The molecule has 0 aliphatic rings. The second-order valence-electron chi connectivity index (χ2n) is 2.37. The van der Waals surface area contributed by atoms with Gasteiger partial charge in [-0.1, -0.05) is 6.08 Å². The van der Waals surface area contributed by atoms with Crippen molar-refractivity contribution in [2.75, 3.05) is 13.1 Å². The van der Waals surface area contributed by atoms with Crippen LogP contribution in [0.2, 0.25) is 0 Å². The Morgan fingerprint density at radius 1 is 1.64 bits per heavy atom. The summed E-state index contributed by atoms with van der Waals surface area (Å²) in [4.78, 5) is 0. The zero-order valence-corrected chi connectivity index (χ0v) is 7.36. The third kappa shape index (κ3) is 3.35. The molecule has 2 heteroatoms. The summed E-state index contributed by atoms with van der Waals surface area (Å²) in [6.45, 7) is 5.59. The Morgan fingerprint density at radius 3 is 3.18 bits per heavy atom. The van der Waals surface area contributed by atoms with Gasteiger partial charge in [0.05, 0.1) is 0 Å². The fourth-order valence-electron chi connectivity index (χ4n) is 0.872. The van der Waals surface area contributed by atoms with Crippen LogP contribution in [0.3, 0.4) is 0 Å². The first-order valence-corrected chi connectivity index (χ1v) is 4.70. The normalized spacial score (nSPS) is 9.82. The highest BCUT2D eigenvalue weighted by Crippen LogP contribution is 2.05. The van der Waals surface area contributed by atoms with Crippen molar-refractivity contribution < 1.29 is 0 Å². The fourth-order valence-corrected chi connectivity index (χ4v) is 1.57. The summed E-state index contributed by atoms with van der Waals surface area (Å²) in [5.74, 6) is 0. The van der Waals surface area contributed by atoms with Crippen molar-refractivity contribution in [3.63, 3.8) is 0 Å². The molecule has 0 saturated carbocycles. The van der Waals surface area contributed by atoms with E-state index in [2.05, 4.69) is 28.7 Å². The molecule has 0 unspecified atom stereocenters. The maximum absolute atomic E-state index is 3.63. The van der Waals surface area contributed by atoms with E-state index in [0.717, 1.165) is 19.5 Å². The summed E-state index contributed by atoms with van der Waals surface area (Å²) in [7, 11) is 0. The van der Waals surface area contributed by atoms with Crippen LogP contribution in [-0.2, 0) is 6.42 Å². The largest absolute Gasteiger partial charge is 0.313 e. The van der Waals surface area contributed by atoms with E-state index in [-0.39, 0.29) is 0 Å². The average molecular weight is 167 g/mol. The second-order valence-corrected chi connectivity index (χ2v) is 3.15. The molecule has 0 aromatic carbocycles. The lowest BCUT2D eigenvalue weighted by Gasteiger charge is -1.98. The number of thiophene rings is 1. The van der Waals surface area contributed by atoms with Crippen molar-refractivity contribution in [1.29, 1.82) is 0 Å². The quantitative estimate of drug-likeness (QED) is 0.523. The van der Waals surface area contributed by atoms with E-state index in [9.17, 15) is 0 Å². The smallest absolute Gasteiger partial charge is 0.0132 e. The zero-order valence-electron chi connectivity index (χ0n) is 6.55. The molecule has 1 heterocycles. The van der Waals surface area contributed by atoms with Gasteiger partial charge in [-0.15, -0.1) is 6.58 Å². The van der Waals surface area contributed by atoms with Crippen LogP contribution in [0.1, 0.15) is 5.56 Å². The molecule has 0 atom stereocenters. The van der Waals surface area contributed by atoms with Crippen molar-refractivity contribution in [3.8, 4) is 0 Å². The first-order chi connectivity index (χ1) is 5.43. The van der Waals surface area contributed by atoms with Crippen LogP contribution < -0.4 is 5.32 Å². The maximum atomic E-state index is 3.63. The highest BCUT2D eigenvalue weighted by Gasteiger charge is 1.90. The van der Waals surface area contributed by atoms with E-state index in [4.69, 9.17) is 0 Å². The van der Waals surface area contributed by atoms with Crippen molar-refractivity contribution in [2.45, 2.75) is 6.42 Å². The van der Waals surface area contributed by atoms with Crippen LogP contribution in [0.4, 0.5) is 0 Å². The van der Waals surface area contributed by atoms with Crippen LogP contribution >= 0.6 is 11.3 Å². The molecule has 11 heavy (non-hydrogen) atoms. The van der Waals surface area contributed by atoms with Gasteiger partial charge >= 0.3 is 0 Å². The predicted octanol–water partition coefficient (Wildman–Crippen LogP) is 2.07.